The Morgan fingerprint density at radius 1 is 1.32 bits per heavy atom. The van der Waals surface area contributed by atoms with E-state index in [9.17, 15) is 18.0 Å². The highest BCUT2D eigenvalue weighted by Gasteiger charge is 2.28. The minimum Gasteiger partial charge on any atom is -0.386 e. The monoisotopic (exact) mass is 274 g/mol. The fourth-order valence-corrected chi connectivity index (χ4v) is 1.35. The van der Waals surface area contributed by atoms with Gasteiger partial charge in [-0.15, -0.1) is 0 Å². The highest BCUT2D eigenvalue weighted by Crippen LogP contribution is 2.13. The Morgan fingerprint density at radius 3 is 2.37 bits per heavy atom. The number of benzene rings is 1. The van der Waals surface area contributed by atoms with Crippen molar-refractivity contribution in [3.05, 3.63) is 35.9 Å². The fraction of sp³-hybridized carbons (Fsp3) is 0.273. The van der Waals surface area contributed by atoms with Crippen LogP contribution in [0.3, 0.4) is 0 Å². The van der Waals surface area contributed by atoms with Crippen LogP contribution in [0.2, 0.25) is 0 Å². The fourth-order valence-electron chi connectivity index (χ4n) is 1.35. The van der Waals surface area contributed by atoms with Crippen molar-refractivity contribution in [2.45, 2.75) is 12.2 Å². The van der Waals surface area contributed by atoms with Crippen LogP contribution in [0.5, 0.6) is 0 Å². The Hall–Kier alpha value is -2.25. The van der Waals surface area contributed by atoms with E-state index in [1.54, 1.807) is 35.6 Å². The SMILES string of the molecule is N=C(N)C(NC(=O)NCC(F)(F)F)c1ccccc1. The first-order valence-electron chi connectivity index (χ1n) is 5.29. The van der Waals surface area contributed by atoms with Gasteiger partial charge in [-0.1, -0.05) is 30.3 Å². The van der Waals surface area contributed by atoms with E-state index in [0.29, 0.717) is 5.56 Å². The molecule has 5 N–H and O–H groups in total. The van der Waals surface area contributed by atoms with Gasteiger partial charge >= 0.3 is 12.2 Å². The smallest absolute Gasteiger partial charge is 0.386 e. The van der Waals surface area contributed by atoms with E-state index < -0.39 is 24.8 Å². The molecule has 1 rings (SSSR count). The maximum Gasteiger partial charge on any atom is 0.405 e. The molecule has 2 amide bonds. The third-order valence-corrected chi connectivity index (χ3v) is 2.17. The number of alkyl halides is 3. The first-order valence-corrected chi connectivity index (χ1v) is 5.29. The molecule has 8 heteroatoms. The zero-order valence-electron chi connectivity index (χ0n) is 9.79. The number of amides is 2. The molecule has 5 nitrogen and oxygen atoms in total. The van der Waals surface area contributed by atoms with Crippen molar-refractivity contribution in [2.24, 2.45) is 5.73 Å². The molecule has 0 aliphatic carbocycles. The molecule has 104 valence electrons. The van der Waals surface area contributed by atoms with Crippen LogP contribution in [0, 0.1) is 5.41 Å². The summed E-state index contributed by atoms with van der Waals surface area (Å²) in [6, 6.07) is 6.27. The van der Waals surface area contributed by atoms with Crippen molar-refractivity contribution < 1.29 is 18.0 Å². The lowest BCUT2D eigenvalue weighted by atomic mass is 10.1. The zero-order valence-corrected chi connectivity index (χ0v) is 9.79. The topological polar surface area (TPSA) is 91.0 Å². The van der Waals surface area contributed by atoms with Crippen molar-refractivity contribution in [1.82, 2.24) is 10.6 Å². The van der Waals surface area contributed by atoms with E-state index in [2.05, 4.69) is 5.32 Å². The minimum absolute atomic E-state index is 0.367. The van der Waals surface area contributed by atoms with Gasteiger partial charge in [0.05, 0.1) is 0 Å². The van der Waals surface area contributed by atoms with Crippen molar-refractivity contribution in [3.63, 3.8) is 0 Å². The van der Waals surface area contributed by atoms with Crippen LogP contribution in [0.25, 0.3) is 0 Å². The molecule has 0 aliphatic rings. The van der Waals surface area contributed by atoms with Gasteiger partial charge in [0.1, 0.15) is 18.4 Å². The second-order valence-corrected chi connectivity index (χ2v) is 3.74. The summed E-state index contributed by atoms with van der Waals surface area (Å²) < 4.78 is 35.8. The summed E-state index contributed by atoms with van der Waals surface area (Å²) >= 11 is 0. The standard InChI is InChI=1S/C11H13F3N4O/c12-11(13,14)6-17-10(19)18-8(9(15)16)7-4-2-1-3-5-7/h1-5,8H,6H2,(H3,15,16)(H2,17,18,19). The Bertz CT molecular complexity index is 447. The van der Waals surface area contributed by atoms with Gasteiger partial charge in [-0.05, 0) is 5.56 Å². The molecule has 0 saturated carbocycles. The number of hydrogen-bond acceptors (Lipinski definition) is 2. The van der Waals surface area contributed by atoms with Gasteiger partial charge in [0.2, 0.25) is 0 Å². The van der Waals surface area contributed by atoms with Gasteiger partial charge in [-0.25, -0.2) is 4.79 Å². The molecule has 0 aliphatic heterocycles. The normalized spacial score (nSPS) is 12.6. The van der Waals surface area contributed by atoms with Gasteiger partial charge in [0.15, 0.2) is 0 Å². The lowest BCUT2D eigenvalue weighted by molar-refractivity contribution is -0.122. The third kappa shape index (κ3) is 5.28. The first-order chi connectivity index (χ1) is 8.79. The van der Waals surface area contributed by atoms with Crippen LogP contribution in [-0.2, 0) is 0 Å². The molecule has 0 spiro atoms. The van der Waals surface area contributed by atoms with Crippen LogP contribution < -0.4 is 16.4 Å². The molecule has 0 fully saturated rings. The van der Waals surface area contributed by atoms with Crippen LogP contribution >= 0.6 is 0 Å². The molecule has 0 radical (unpaired) electrons. The predicted molar refractivity (Wildman–Crippen MR) is 63.7 cm³/mol. The summed E-state index contributed by atoms with van der Waals surface area (Å²) in [5, 5.41) is 11.2. The molecule has 1 atom stereocenters. The molecule has 1 aromatic rings. The molecule has 1 aromatic carbocycles. The Kier molecular flexibility index (Phi) is 4.74. The van der Waals surface area contributed by atoms with E-state index in [-0.39, 0.29) is 5.84 Å². The molecule has 1 unspecified atom stereocenters. The number of nitrogens with one attached hydrogen (secondary N) is 3. The number of nitrogens with two attached hydrogens (primary N) is 1. The van der Waals surface area contributed by atoms with E-state index >= 15 is 0 Å². The number of amidine groups is 1. The summed E-state index contributed by atoms with van der Waals surface area (Å²) in [6.07, 6.45) is -4.49. The van der Waals surface area contributed by atoms with Gasteiger partial charge < -0.3 is 16.4 Å². The summed E-state index contributed by atoms with van der Waals surface area (Å²) in [5.74, 6) is -0.367. The summed E-state index contributed by atoms with van der Waals surface area (Å²) in [5.41, 5.74) is 5.83. The van der Waals surface area contributed by atoms with E-state index in [0.717, 1.165) is 0 Å². The number of carbonyl (C=O) groups is 1. The number of hydrogen-bond donors (Lipinski definition) is 4. The Balaban J connectivity index is 2.65. The van der Waals surface area contributed by atoms with Crippen LogP contribution in [-0.4, -0.2) is 24.6 Å². The van der Waals surface area contributed by atoms with Crippen LogP contribution in [0.1, 0.15) is 11.6 Å². The van der Waals surface area contributed by atoms with Crippen molar-refractivity contribution in [1.29, 1.82) is 5.41 Å². The molecule has 0 saturated heterocycles. The quantitative estimate of drug-likeness (QED) is 0.495. The molecule has 0 aromatic heterocycles. The number of rotatable bonds is 4. The third-order valence-electron chi connectivity index (χ3n) is 2.17. The predicted octanol–water partition coefficient (Wildman–Crippen LogP) is 1.53. The summed E-state index contributed by atoms with van der Waals surface area (Å²) in [7, 11) is 0. The highest BCUT2D eigenvalue weighted by molar-refractivity contribution is 5.88. The Labute approximate surface area is 107 Å². The lowest BCUT2D eigenvalue weighted by Gasteiger charge is -2.18. The number of halogens is 3. The number of urea groups is 1. The molecular weight excluding hydrogens is 261 g/mol. The van der Waals surface area contributed by atoms with Crippen LogP contribution in [0.15, 0.2) is 30.3 Å². The van der Waals surface area contributed by atoms with E-state index in [1.165, 1.54) is 0 Å². The average molecular weight is 274 g/mol. The molecular formula is C11H13F3N4O. The van der Waals surface area contributed by atoms with Gasteiger partial charge in [-0.3, -0.25) is 5.41 Å². The van der Waals surface area contributed by atoms with Crippen molar-refractivity contribution in [3.8, 4) is 0 Å². The van der Waals surface area contributed by atoms with Crippen molar-refractivity contribution in [2.75, 3.05) is 6.54 Å². The van der Waals surface area contributed by atoms with Gasteiger partial charge in [-0.2, -0.15) is 13.2 Å². The highest BCUT2D eigenvalue weighted by atomic mass is 19.4. The lowest BCUT2D eigenvalue weighted by Crippen LogP contribution is -2.45. The summed E-state index contributed by atoms with van der Waals surface area (Å²) in [4.78, 5) is 11.3. The maximum atomic E-state index is 11.9. The van der Waals surface area contributed by atoms with Gasteiger partial charge in [0.25, 0.3) is 0 Å². The second-order valence-electron chi connectivity index (χ2n) is 3.74. The second kappa shape index (κ2) is 6.07. The largest absolute Gasteiger partial charge is 0.405 e. The maximum absolute atomic E-state index is 11.9. The summed E-state index contributed by atoms with van der Waals surface area (Å²) in [6.45, 7) is -1.45. The van der Waals surface area contributed by atoms with Crippen LogP contribution in [0.4, 0.5) is 18.0 Å². The molecule has 19 heavy (non-hydrogen) atoms. The molecule has 0 bridgehead atoms. The van der Waals surface area contributed by atoms with Crippen molar-refractivity contribution >= 4 is 11.9 Å². The van der Waals surface area contributed by atoms with E-state index in [1.807, 2.05) is 0 Å². The first kappa shape index (κ1) is 14.8. The van der Waals surface area contributed by atoms with E-state index in [4.69, 9.17) is 11.1 Å². The molecule has 0 heterocycles. The van der Waals surface area contributed by atoms with Gasteiger partial charge in [0, 0.05) is 0 Å². The average Bonchev–Trinajstić information content (AvgIpc) is 2.33. The minimum atomic E-state index is -4.49. The Morgan fingerprint density at radius 2 is 1.89 bits per heavy atom. The zero-order chi connectivity index (χ0) is 14.5. The number of carbonyl (C=O) groups excluding carboxylic acids is 1.